The summed E-state index contributed by atoms with van der Waals surface area (Å²) >= 11 is 0. The van der Waals surface area contributed by atoms with E-state index in [2.05, 4.69) is 23.9 Å². The first-order valence-corrected chi connectivity index (χ1v) is 7.94. The standard InChI is InChI=1S/C16H27N3/c1-16(9-7-13(17)11-16)12-14-8-10-19(18-14)15-5-3-2-4-6-15/h8,10,13,15H,2-7,9,11-12,17H2,1H3. The van der Waals surface area contributed by atoms with Gasteiger partial charge in [-0.15, -0.1) is 0 Å². The number of aromatic nitrogens is 2. The van der Waals surface area contributed by atoms with Gasteiger partial charge in [-0.3, -0.25) is 4.68 Å². The maximum Gasteiger partial charge on any atom is 0.0630 e. The van der Waals surface area contributed by atoms with Crippen LogP contribution in [0.3, 0.4) is 0 Å². The fourth-order valence-electron chi connectivity index (χ4n) is 3.99. The van der Waals surface area contributed by atoms with Crippen molar-refractivity contribution in [2.24, 2.45) is 11.1 Å². The lowest BCUT2D eigenvalue weighted by Gasteiger charge is -2.23. The molecular formula is C16H27N3. The van der Waals surface area contributed by atoms with Crippen LogP contribution in [0.4, 0.5) is 0 Å². The van der Waals surface area contributed by atoms with Gasteiger partial charge < -0.3 is 5.73 Å². The molecule has 1 heterocycles. The minimum atomic E-state index is 0.380. The number of nitrogens with two attached hydrogens (primary N) is 1. The Bertz CT molecular complexity index is 419. The molecule has 2 unspecified atom stereocenters. The van der Waals surface area contributed by atoms with E-state index in [9.17, 15) is 0 Å². The summed E-state index contributed by atoms with van der Waals surface area (Å²) in [6.07, 6.45) is 13.6. The van der Waals surface area contributed by atoms with Gasteiger partial charge in [0.25, 0.3) is 0 Å². The molecule has 19 heavy (non-hydrogen) atoms. The number of rotatable bonds is 3. The molecular weight excluding hydrogens is 234 g/mol. The van der Waals surface area contributed by atoms with Crippen molar-refractivity contribution in [2.75, 3.05) is 0 Å². The Morgan fingerprint density at radius 1 is 1.32 bits per heavy atom. The molecule has 1 aromatic rings. The van der Waals surface area contributed by atoms with Crippen molar-refractivity contribution >= 4 is 0 Å². The molecule has 3 nitrogen and oxygen atoms in total. The summed E-state index contributed by atoms with van der Waals surface area (Å²) in [5, 5.41) is 4.84. The third-order valence-electron chi connectivity index (χ3n) is 5.09. The molecule has 3 heteroatoms. The third-order valence-corrected chi connectivity index (χ3v) is 5.09. The molecule has 2 aliphatic carbocycles. The topological polar surface area (TPSA) is 43.8 Å². The van der Waals surface area contributed by atoms with E-state index < -0.39 is 0 Å². The Morgan fingerprint density at radius 2 is 2.11 bits per heavy atom. The second-order valence-electron chi connectivity index (χ2n) is 7.07. The van der Waals surface area contributed by atoms with Crippen molar-refractivity contribution in [1.82, 2.24) is 9.78 Å². The van der Waals surface area contributed by atoms with E-state index in [0.29, 0.717) is 17.5 Å². The lowest BCUT2D eigenvalue weighted by atomic mass is 9.84. The van der Waals surface area contributed by atoms with Gasteiger partial charge in [0, 0.05) is 12.2 Å². The molecule has 2 saturated carbocycles. The summed E-state index contributed by atoms with van der Waals surface area (Å²) in [5.41, 5.74) is 7.71. The monoisotopic (exact) mass is 261 g/mol. The average molecular weight is 261 g/mol. The Kier molecular flexibility index (Phi) is 3.66. The third kappa shape index (κ3) is 3.02. The van der Waals surface area contributed by atoms with Crippen LogP contribution in [0.1, 0.15) is 70.0 Å². The molecule has 0 aromatic carbocycles. The van der Waals surface area contributed by atoms with E-state index in [1.165, 1.54) is 50.6 Å². The fourth-order valence-corrected chi connectivity index (χ4v) is 3.99. The van der Waals surface area contributed by atoms with E-state index in [0.717, 1.165) is 12.8 Å². The summed E-state index contributed by atoms with van der Waals surface area (Å²) in [6, 6.07) is 3.29. The van der Waals surface area contributed by atoms with Crippen LogP contribution in [0.25, 0.3) is 0 Å². The SMILES string of the molecule is CC1(Cc2ccn(C3CCCCC3)n2)CCC(N)C1. The van der Waals surface area contributed by atoms with E-state index in [-0.39, 0.29) is 0 Å². The highest BCUT2D eigenvalue weighted by Gasteiger charge is 2.34. The van der Waals surface area contributed by atoms with Gasteiger partial charge in [-0.05, 0) is 50.0 Å². The Hall–Kier alpha value is -0.830. The quantitative estimate of drug-likeness (QED) is 0.905. The highest BCUT2D eigenvalue weighted by Crippen LogP contribution is 2.39. The highest BCUT2D eigenvalue weighted by atomic mass is 15.3. The van der Waals surface area contributed by atoms with Crippen LogP contribution >= 0.6 is 0 Å². The molecule has 0 amide bonds. The second kappa shape index (κ2) is 5.28. The van der Waals surface area contributed by atoms with Gasteiger partial charge in [0.2, 0.25) is 0 Å². The molecule has 2 N–H and O–H groups in total. The van der Waals surface area contributed by atoms with E-state index in [1.807, 2.05) is 0 Å². The molecule has 1 aromatic heterocycles. The maximum absolute atomic E-state index is 6.06. The van der Waals surface area contributed by atoms with Crippen LogP contribution in [0.5, 0.6) is 0 Å². The lowest BCUT2D eigenvalue weighted by molar-refractivity contribution is 0.310. The average Bonchev–Trinajstić information content (AvgIpc) is 2.98. The first-order valence-electron chi connectivity index (χ1n) is 7.94. The summed E-state index contributed by atoms with van der Waals surface area (Å²) in [7, 11) is 0. The van der Waals surface area contributed by atoms with Crippen molar-refractivity contribution in [1.29, 1.82) is 0 Å². The summed E-state index contributed by atoms with van der Waals surface area (Å²) in [6.45, 7) is 2.37. The predicted octanol–water partition coefficient (Wildman–Crippen LogP) is 3.45. The zero-order chi connectivity index (χ0) is 13.3. The van der Waals surface area contributed by atoms with E-state index in [4.69, 9.17) is 10.8 Å². The molecule has 0 bridgehead atoms. The van der Waals surface area contributed by atoms with Gasteiger partial charge in [0.15, 0.2) is 0 Å². The van der Waals surface area contributed by atoms with Gasteiger partial charge in [-0.2, -0.15) is 5.10 Å². The Balaban J connectivity index is 1.64. The molecule has 0 saturated heterocycles. The molecule has 0 radical (unpaired) electrons. The van der Waals surface area contributed by atoms with E-state index >= 15 is 0 Å². The van der Waals surface area contributed by atoms with Crippen LogP contribution < -0.4 is 5.73 Å². The number of hydrogen-bond acceptors (Lipinski definition) is 2. The molecule has 0 aliphatic heterocycles. The molecule has 106 valence electrons. The molecule has 3 rings (SSSR count). The van der Waals surface area contributed by atoms with Gasteiger partial charge in [-0.25, -0.2) is 0 Å². The fraction of sp³-hybridized carbons (Fsp3) is 0.812. The smallest absolute Gasteiger partial charge is 0.0630 e. The van der Waals surface area contributed by atoms with Crippen molar-refractivity contribution in [3.63, 3.8) is 0 Å². The summed E-state index contributed by atoms with van der Waals surface area (Å²) in [5.74, 6) is 0. The number of nitrogens with zero attached hydrogens (tertiary/aromatic N) is 2. The minimum Gasteiger partial charge on any atom is -0.328 e. The summed E-state index contributed by atoms with van der Waals surface area (Å²) < 4.78 is 2.23. The second-order valence-corrected chi connectivity index (χ2v) is 7.07. The predicted molar refractivity (Wildman–Crippen MR) is 78.0 cm³/mol. The van der Waals surface area contributed by atoms with Crippen molar-refractivity contribution in [2.45, 2.75) is 76.8 Å². The molecule has 2 atom stereocenters. The highest BCUT2D eigenvalue weighted by molar-refractivity contribution is 5.05. The van der Waals surface area contributed by atoms with Crippen LogP contribution in [0.2, 0.25) is 0 Å². The van der Waals surface area contributed by atoms with Crippen LogP contribution in [0, 0.1) is 5.41 Å². The zero-order valence-electron chi connectivity index (χ0n) is 12.1. The minimum absolute atomic E-state index is 0.380. The Morgan fingerprint density at radius 3 is 2.79 bits per heavy atom. The van der Waals surface area contributed by atoms with Crippen LogP contribution in [0.15, 0.2) is 12.3 Å². The van der Waals surface area contributed by atoms with Crippen molar-refractivity contribution in [3.05, 3.63) is 18.0 Å². The van der Waals surface area contributed by atoms with Gasteiger partial charge in [0.1, 0.15) is 0 Å². The van der Waals surface area contributed by atoms with Gasteiger partial charge in [-0.1, -0.05) is 26.2 Å². The normalized spacial score (nSPS) is 32.8. The largest absolute Gasteiger partial charge is 0.328 e. The Labute approximate surface area is 116 Å². The maximum atomic E-state index is 6.06. The van der Waals surface area contributed by atoms with Crippen molar-refractivity contribution in [3.8, 4) is 0 Å². The van der Waals surface area contributed by atoms with Gasteiger partial charge in [0.05, 0.1) is 11.7 Å². The zero-order valence-corrected chi connectivity index (χ0v) is 12.1. The lowest BCUT2D eigenvalue weighted by Crippen LogP contribution is -2.21. The first kappa shape index (κ1) is 13.2. The molecule has 2 fully saturated rings. The summed E-state index contributed by atoms with van der Waals surface area (Å²) in [4.78, 5) is 0. The number of hydrogen-bond donors (Lipinski definition) is 1. The molecule has 0 spiro atoms. The van der Waals surface area contributed by atoms with E-state index in [1.54, 1.807) is 0 Å². The molecule has 2 aliphatic rings. The van der Waals surface area contributed by atoms with Crippen molar-refractivity contribution < 1.29 is 0 Å². The van der Waals surface area contributed by atoms with Gasteiger partial charge >= 0.3 is 0 Å². The van der Waals surface area contributed by atoms with Crippen LogP contribution in [-0.2, 0) is 6.42 Å². The first-order chi connectivity index (χ1) is 9.15. The van der Waals surface area contributed by atoms with Crippen LogP contribution in [-0.4, -0.2) is 15.8 Å².